The molecule has 0 saturated carbocycles. The zero-order chi connectivity index (χ0) is 12.8. The van der Waals surface area contributed by atoms with E-state index >= 15 is 0 Å². The van der Waals surface area contributed by atoms with Crippen molar-refractivity contribution in [2.45, 2.75) is 33.6 Å². The van der Waals surface area contributed by atoms with Gasteiger partial charge in [-0.15, -0.1) is 0 Å². The molecule has 0 fully saturated rings. The van der Waals surface area contributed by atoms with Crippen LogP contribution in [0.5, 0.6) is 0 Å². The Morgan fingerprint density at radius 3 is 2.59 bits per heavy atom. The van der Waals surface area contributed by atoms with Crippen molar-refractivity contribution in [1.29, 1.82) is 0 Å². The number of rotatable bonds is 1. The Hall–Kier alpha value is -1.02. The van der Waals surface area contributed by atoms with E-state index in [2.05, 4.69) is 33.0 Å². The van der Waals surface area contributed by atoms with Gasteiger partial charge in [0.15, 0.2) is 0 Å². The summed E-state index contributed by atoms with van der Waals surface area (Å²) in [6, 6.07) is 5.59. The van der Waals surface area contributed by atoms with Crippen molar-refractivity contribution in [2.75, 3.05) is 5.32 Å². The SMILES string of the molecule is CC(C1C(=O)Nc2ccc(Cl)cc21)C(C)(C)C. The highest BCUT2D eigenvalue weighted by molar-refractivity contribution is 6.31. The zero-order valence-electron chi connectivity index (χ0n) is 10.7. The Morgan fingerprint density at radius 1 is 1.35 bits per heavy atom. The molecule has 17 heavy (non-hydrogen) atoms. The molecule has 2 nitrogen and oxygen atoms in total. The summed E-state index contributed by atoms with van der Waals surface area (Å²) in [5.74, 6) is 0.260. The second-order valence-electron chi connectivity index (χ2n) is 5.85. The van der Waals surface area contributed by atoms with Crippen LogP contribution in [0.25, 0.3) is 0 Å². The van der Waals surface area contributed by atoms with Crippen LogP contribution in [0.3, 0.4) is 0 Å². The van der Waals surface area contributed by atoms with Gasteiger partial charge in [0.2, 0.25) is 5.91 Å². The molecule has 1 amide bonds. The number of hydrogen-bond acceptors (Lipinski definition) is 1. The number of carbonyl (C=O) groups excluding carboxylic acids is 1. The highest BCUT2D eigenvalue weighted by atomic mass is 35.5. The van der Waals surface area contributed by atoms with Gasteiger partial charge in [-0.3, -0.25) is 4.79 Å². The molecule has 0 spiro atoms. The van der Waals surface area contributed by atoms with E-state index in [0.29, 0.717) is 5.02 Å². The molecule has 2 atom stereocenters. The van der Waals surface area contributed by atoms with Crippen LogP contribution in [0.1, 0.15) is 39.2 Å². The summed E-state index contributed by atoms with van der Waals surface area (Å²) in [4.78, 5) is 12.1. The van der Waals surface area contributed by atoms with Crippen molar-refractivity contribution in [1.82, 2.24) is 0 Å². The normalized spacial score (nSPS) is 21.0. The second-order valence-corrected chi connectivity index (χ2v) is 6.29. The molecule has 2 unspecified atom stereocenters. The van der Waals surface area contributed by atoms with Crippen molar-refractivity contribution < 1.29 is 4.79 Å². The Morgan fingerprint density at radius 2 is 2.00 bits per heavy atom. The first-order chi connectivity index (χ1) is 7.80. The Kier molecular flexibility index (Phi) is 2.94. The van der Waals surface area contributed by atoms with Gasteiger partial charge in [0, 0.05) is 10.7 Å². The lowest BCUT2D eigenvalue weighted by atomic mass is 9.72. The first-order valence-corrected chi connectivity index (χ1v) is 6.29. The summed E-state index contributed by atoms with van der Waals surface area (Å²) >= 11 is 6.02. The van der Waals surface area contributed by atoms with E-state index in [-0.39, 0.29) is 23.2 Å². The van der Waals surface area contributed by atoms with Gasteiger partial charge in [-0.25, -0.2) is 0 Å². The topological polar surface area (TPSA) is 29.1 Å². The van der Waals surface area contributed by atoms with Crippen LogP contribution < -0.4 is 5.32 Å². The fourth-order valence-electron chi connectivity index (χ4n) is 2.25. The van der Waals surface area contributed by atoms with Crippen LogP contribution >= 0.6 is 11.6 Å². The van der Waals surface area contributed by atoms with Crippen molar-refractivity contribution in [2.24, 2.45) is 11.3 Å². The molecular formula is C14H18ClNO. The van der Waals surface area contributed by atoms with Gasteiger partial charge in [0.25, 0.3) is 0 Å². The van der Waals surface area contributed by atoms with Crippen LogP contribution in [0.4, 0.5) is 5.69 Å². The summed E-state index contributed by atoms with van der Waals surface area (Å²) in [7, 11) is 0. The molecule has 0 bridgehead atoms. The zero-order valence-corrected chi connectivity index (χ0v) is 11.4. The van der Waals surface area contributed by atoms with Crippen LogP contribution in [0, 0.1) is 11.3 Å². The predicted octanol–water partition coefficient (Wildman–Crippen LogP) is 4.06. The average molecular weight is 252 g/mol. The molecule has 0 aliphatic carbocycles. The smallest absolute Gasteiger partial charge is 0.232 e. The third-order valence-corrected chi connectivity index (χ3v) is 3.99. The predicted molar refractivity (Wildman–Crippen MR) is 71.4 cm³/mol. The fourth-order valence-corrected chi connectivity index (χ4v) is 2.43. The van der Waals surface area contributed by atoms with E-state index < -0.39 is 0 Å². The number of nitrogens with one attached hydrogen (secondary N) is 1. The highest BCUT2D eigenvalue weighted by Gasteiger charge is 2.39. The van der Waals surface area contributed by atoms with Crippen LogP contribution in [0.2, 0.25) is 5.02 Å². The van der Waals surface area contributed by atoms with E-state index in [1.807, 2.05) is 18.2 Å². The van der Waals surface area contributed by atoms with E-state index in [4.69, 9.17) is 11.6 Å². The monoisotopic (exact) mass is 251 g/mol. The highest BCUT2D eigenvalue weighted by Crippen LogP contribution is 2.44. The minimum atomic E-state index is -0.0938. The first kappa shape index (κ1) is 12.4. The number of amides is 1. The molecule has 2 rings (SSSR count). The summed E-state index contributed by atoms with van der Waals surface area (Å²) < 4.78 is 0. The van der Waals surface area contributed by atoms with E-state index in [9.17, 15) is 4.79 Å². The number of halogens is 1. The van der Waals surface area contributed by atoms with Crippen molar-refractivity contribution >= 4 is 23.2 Å². The molecular weight excluding hydrogens is 234 g/mol. The molecule has 0 aromatic heterocycles. The summed E-state index contributed by atoms with van der Waals surface area (Å²) in [5, 5.41) is 3.62. The third kappa shape index (κ3) is 2.19. The van der Waals surface area contributed by atoms with Gasteiger partial charge in [-0.05, 0) is 35.1 Å². The minimum Gasteiger partial charge on any atom is -0.325 e. The maximum Gasteiger partial charge on any atom is 0.232 e. The lowest BCUT2D eigenvalue weighted by Crippen LogP contribution is -2.28. The molecule has 1 aliphatic rings. The summed E-state index contributed by atoms with van der Waals surface area (Å²) in [5.41, 5.74) is 2.02. The van der Waals surface area contributed by atoms with Gasteiger partial charge >= 0.3 is 0 Å². The largest absolute Gasteiger partial charge is 0.325 e. The van der Waals surface area contributed by atoms with E-state index in [1.54, 1.807) is 0 Å². The maximum atomic E-state index is 12.1. The van der Waals surface area contributed by atoms with Crippen molar-refractivity contribution in [3.63, 3.8) is 0 Å². The molecule has 92 valence electrons. The molecule has 0 radical (unpaired) electrons. The first-order valence-electron chi connectivity index (χ1n) is 5.91. The summed E-state index contributed by atoms with van der Waals surface area (Å²) in [6.45, 7) is 8.61. The quantitative estimate of drug-likeness (QED) is 0.801. The van der Waals surface area contributed by atoms with E-state index in [0.717, 1.165) is 11.3 Å². The van der Waals surface area contributed by atoms with Crippen LogP contribution in [-0.2, 0) is 4.79 Å². The van der Waals surface area contributed by atoms with E-state index in [1.165, 1.54) is 0 Å². The van der Waals surface area contributed by atoms with Crippen LogP contribution in [0.15, 0.2) is 18.2 Å². The maximum absolute atomic E-state index is 12.1. The second kappa shape index (κ2) is 4.02. The Bertz CT molecular complexity index is 462. The average Bonchev–Trinajstić information content (AvgIpc) is 2.51. The number of hydrogen-bond donors (Lipinski definition) is 1. The van der Waals surface area contributed by atoms with Gasteiger partial charge in [0.1, 0.15) is 0 Å². The van der Waals surface area contributed by atoms with Gasteiger partial charge in [-0.1, -0.05) is 39.3 Å². The molecule has 0 saturated heterocycles. The van der Waals surface area contributed by atoms with Gasteiger partial charge in [0.05, 0.1) is 5.92 Å². The minimum absolute atomic E-state index is 0.0877. The number of carbonyl (C=O) groups is 1. The Balaban J connectivity index is 2.44. The summed E-state index contributed by atoms with van der Waals surface area (Å²) in [6.07, 6.45) is 0. The molecule has 1 N–H and O–H groups in total. The number of benzene rings is 1. The fraction of sp³-hybridized carbons (Fsp3) is 0.500. The molecule has 1 aliphatic heterocycles. The van der Waals surface area contributed by atoms with Crippen LogP contribution in [-0.4, -0.2) is 5.91 Å². The molecule has 1 heterocycles. The van der Waals surface area contributed by atoms with Gasteiger partial charge in [-0.2, -0.15) is 0 Å². The molecule has 3 heteroatoms. The Labute approximate surface area is 107 Å². The van der Waals surface area contributed by atoms with Gasteiger partial charge < -0.3 is 5.32 Å². The molecule has 1 aromatic carbocycles. The molecule has 1 aromatic rings. The third-order valence-electron chi connectivity index (χ3n) is 3.76. The lowest BCUT2D eigenvalue weighted by molar-refractivity contribution is -0.118. The lowest BCUT2D eigenvalue weighted by Gasteiger charge is -2.31. The number of fused-ring (bicyclic) bond motifs is 1. The standard InChI is InChI=1S/C14H18ClNO/c1-8(14(2,3)4)12-10-7-9(15)5-6-11(10)16-13(12)17/h5-8,12H,1-4H3,(H,16,17). The van der Waals surface area contributed by atoms with Crippen molar-refractivity contribution in [3.8, 4) is 0 Å². The number of anilines is 1. The van der Waals surface area contributed by atoms with Crippen molar-refractivity contribution in [3.05, 3.63) is 28.8 Å².